The highest BCUT2D eigenvalue weighted by Crippen LogP contribution is 2.00. The minimum Gasteiger partial charge on any atom is -0.445 e. The van der Waals surface area contributed by atoms with Crippen LogP contribution < -0.4 is 10.7 Å². The van der Waals surface area contributed by atoms with Crippen molar-refractivity contribution in [2.75, 3.05) is 13.6 Å². The van der Waals surface area contributed by atoms with Gasteiger partial charge >= 0.3 is 6.09 Å². The average molecular weight is 235 g/mol. The maximum Gasteiger partial charge on any atom is 0.407 e. The molecule has 0 saturated carbocycles. The molecule has 1 amide bonds. The van der Waals surface area contributed by atoms with Gasteiger partial charge in [0.2, 0.25) is 0 Å². The number of carbonyl (C=O) groups is 1. The van der Waals surface area contributed by atoms with Crippen LogP contribution in [0.3, 0.4) is 0 Å². The van der Waals surface area contributed by atoms with Gasteiger partial charge in [0.05, 0.1) is 0 Å². The maximum absolute atomic E-state index is 11.3. The van der Waals surface area contributed by atoms with Gasteiger partial charge in [-0.2, -0.15) is 5.10 Å². The van der Waals surface area contributed by atoms with E-state index in [0.717, 1.165) is 5.56 Å². The van der Waals surface area contributed by atoms with Crippen LogP contribution in [0.4, 0.5) is 4.79 Å². The number of nitrogens with one attached hydrogen (secondary N) is 2. The van der Waals surface area contributed by atoms with Crippen molar-refractivity contribution >= 4 is 12.3 Å². The molecule has 0 spiro atoms. The summed E-state index contributed by atoms with van der Waals surface area (Å²) < 4.78 is 5.02. The highest BCUT2D eigenvalue weighted by atomic mass is 16.5. The Morgan fingerprint density at radius 3 is 2.88 bits per heavy atom. The van der Waals surface area contributed by atoms with Crippen LogP contribution in [0.15, 0.2) is 35.4 Å². The number of carbonyl (C=O) groups excluding carboxylic acids is 1. The van der Waals surface area contributed by atoms with Crippen LogP contribution in [0.25, 0.3) is 0 Å². The number of amides is 1. The Labute approximate surface area is 101 Å². The van der Waals surface area contributed by atoms with Crippen molar-refractivity contribution in [1.29, 1.82) is 0 Å². The normalized spacial score (nSPS) is 10.2. The second-order valence-corrected chi connectivity index (χ2v) is 3.31. The van der Waals surface area contributed by atoms with Crippen LogP contribution in [0.2, 0.25) is 0 Å². The van der Waals surface area contributed by atoms with E-state index in [0.29, 0.717) is 13.0 Å². The minimum atomic E-state index is -0.410. The van der Waals surface area contributed by atoms with Crippen molar-refractivity contribution in [3.05, 3.63) is 35.9 Å². The van der Waals surface area contributed by atoms with E-state index in [1.54, 1.807) is 13.3 Å². The summed E-state index contributed by atoms with van der Waals surface area (Å²) >= 11 is 0. The van der Waals surface area contributed by atoms with E-state index in [1.807, 2.05) is 30.3 Å². The van der Waals surface area contributed by atoms with E-state index in [-0.39, 0.29) is 6.61 Å². The maximum atomic E-state index is 11.3. The molecule has 0 aromatic heterocycles. The number of hydrogen-bond donors (Lipinski definition) is 2. The first kappa shape index (κ1) is 13.0. The van der Waals surface area contributed by atoms with Crippen molar-refractivity contribution in [2.24, 2.45) is 5.10 Å². The fourth-order valence-electron chi connectivity index (χ4n) is 1.17. The fourth-order valence-corrected chi connectivity index (χ4v) is 1.17. The smallest absolute Gasteiger partial charge is 0.407 e. The van der Waals surface area contributed by atoms with Gasteiger partial charge in [0.25, 0.3) is 0 Å². The summed E-state index contributed by atoms with van der Waals surface area (Å²) in [5, 5.41) is 6.43. The predicted molar refractivity (Wildman–Crippen MR) is 66.8 cm³/mol. The third-order valence-corrected chi connectivity index (χ3v) is 1.98. The predicted octanol–water partition coefficient (Wildman–Crippen LogP) is 1.51. The van der Waals surface area contributed by atoms with Crippen molar-refractivity contribution in [3.63, 3.8) is 0 Å². The van der Waals surface area contributed by atoms with Crippen molar-refractivity contribution in [2.45, 2.75) is 13.0 Å². The zero-order valence-corrected chi connectivity index (χ0v) is 9.85. The van der Waals surface area contributed by atoms with Crippen LogP contribution in [0.1, 0.15) is 12.0 Å². The Bertz CT molecular complexity index is 352. The van der Waals surface area contributed by atoms with Gasteiger partial charge in [-0.25, -0.2) is 4.79 Å². The molecule has 5 heteroatoms. The molecule has 0 radical (unpaired) electrons. The first-order valence-corrected chi connectivity index (χ1v) is 5.45. The zero-order chi connectivity index (χ0) is 12.3. The monoisotopic (exact) mass is 235 g/mol. The molecule has 0 atom stereocenters. The van der Waals surface area contributed by atoms with Gasteiger partial charge in [-0.3, -0.25) is 0 Å². The first-order valence-electron chi connectivity index (χ1n) is 5.45. The Balaban J connectivity index is 2.11. The van der Waals surface area contributed by atoms with Crippen LogP contribution in [-0.2, 0) is 11.3 Å². The van der Waals surface area contributed by atoms with Gasteiger partial charge in [0.1, 0.15) is 6.61 Å². The van der Waals surface area contributed by atoms with Gasteiger partial charge < -0.3 is 15.5 Å². The topological polar surface area (TPSA) is 62.7 Å². The van der Waals surface area contributed by atoms with Crippen molar-refractivity contribution in [3.8, 4) is 0 Å². The molecule has 1 rings (SSSR count). The van der Waals surface area contributed by atoms with Gasteiger partial charge in [0, 0.05) is 26.2 Å². The number of hydrazone groups is 1. The fraction of sp³-hybridized carbons (Fsp3) is 0.333. The second-order valence-electron chi connectivity index (χ2n) is 3.31. The summed E-state index contributed by atoms with van der Waals surface area (Å²) in [5.74, 6) is 0. The van der Waals surface area contributed by atoms with E-state index in [2.05, 4.69) is 15.8 Å². The molecule has 0 aliphatic heterocycles. The second kappa shape index (κ2) is 8.15. The molecule has 5 nitrogen and oxygen atoms in total. The lowest BCUT2D eigenvalue weighted by atomic mass is 10.2. The average Bonchev–Trinajstić information content (AvgIpc) is 2.37. The van der Waals surface area contributed by atoms with Crippen molar-refractivity contribution < 1.29 is 9.53 Å². The molecule has 0 saturated heterocycles. The molecule has 92 valence electrons. The third-order valence-electron chi connectivity index (χ3n) is 1.98. The van der Waals surface area contributed by atoms with E-state index >= 15 is 0 Å². The number of nitrogens with zero attached hydrogens (tertiary/aromatic N) is 1. The van der Waals surface area contributed by atoms with Gasteiger partial charge in [0.15, 0.2) is 0 Å². The van der Waals surface area contributed by atoms with Crippen LogP contribution in [0, 0.1) is 0 Å². The summed E-state index contributed by atoms with van der Waals surface area (Å²) in [7, 11) is 1.72. The Hall–Kier alpha value is -2.04. The van der Waals surface area contributed by atoms with Gasteiger partial charge in [-0.15, -0.1) is 0 Å². The Morgan fingerprint density at radius 2 is 2.18 bits per heavy atom. The largest absolute Gasteiger partial charge is 0.445 e. The molecule has 1 aromatic rings. The number of rotatable bonds is 6. The van der Waals surface area contributed by atoms with E-state index in [1.165, 1.54) is 0 Å². The Morgan fingerprint density at radius 1 is 1.41 bits per heavy atom. The standard InChI is InChI=1S/C12H17N3O2/c1-13-15-9-5-8-14-12(16)17-10-11-6-3-2-4-7-11/h2-4,6-7,9,13H,5,8,10H2,1H3,(H,14,16)/b15-9-. The summed E-state index contributed by atoms with van der Waals surface area (Å²) in [6.45, 7) is 0.802. The van der Waals surface area contributed by atoms with E-state index in [9.17, 15) is 4.79 Å². The highest BCUT2D eigenvalue weighted by Gasteiger charge is 2.00. The molecule has 0 heterocycles. The molecule has 0 unspecified atom stereocenters. The number of ether oxygens (including phenoxy) is 1. The number of benzene rings is 1. The molecule has 0 bridgehead atoms. The lowest BCUT2D eigenvalue weighted by molar-refractivity contribution is 0.140. The highest BCUT2D eigenvalue weighted by molar-refractivity contribution is 5.68. The molecule has 0 fully saturated rings. The quantitative estimate of drug-likeness (QED) is 0.446. The van der Waals surface area contributed by atoms with Gasteiger partial charge in [-0.1, -0.05) is 30.3 Å². The summed E-state index contributed by atoms with van der Waals surface area (Å²) in [6.07, 6.45) is 1.95. The molecule has 17 heavy (non-hydrogen) atoms. The van der Waals surface area contributed by atoms with Crippen LogP contribution in [0.5, 0.6) is 0 Å². The van der Waals surface area contributed by atoms with Crippen molar-refractivity contribution in [1.82, 2.24) is 10.7 Å². The SMILES string of the molecule is CN/N=C\CCNC(=O)OCc1ccccc1. The molecule has 1 aromatic carbocycles. The summed E-state index contributed by atoms with van der Waals surface area (Å²) in [6, 6.07) is 9.56. The zero-order valence-electron chi connectivity index (χ0n) is 9.85. The Kier molecular flexibility index (Phi) is 6.25. The van der Waals surface area contributed by atoms with E-state index in [4.69, 9.17) is 4.74 Å². The molecular weight excluding hydrogens is 218 g/mol. The molecule has 2 N–H and O–H groups in total. The van der Waals surface area contributed by atoms with Gasteiger partial charge in [-0.05, 0) is 5.56 Å². The van der Waals surface area contributed by atoms with Crippen LogP contribution in [-0.4, -0.2) is 25.9 Å². The number of alkyl carbamates (subject to hydrolysis) is 1. The first-order chi connectivity index (χ1) is 8.33. The molecule has 0 aliphatic rings. The van der Waals surface area contributed by atoms with Crippen LogP contribution >= 0.6 is 0 Å². The summed E-state index contributed by atoms with van der Waals surface area (Å²) in [5.41, 5.74) is 3.60. The molecule has 0 aliphatic carbocycles. The minimum absolute atomic E-state index is 0.289. The lowest BCUT2D eigenvalue weighted by Crippen LogP contribution is -2.25. The third kappa shape index (κ3) is 6.19. The lowest BCUT2D eigenvalue weighted by Gasteiger charge is -2.05. The van der Waals surface area contributed by atoms with E-state index < -0.39 is 6.09 Å². The number of hydrogen-bond acceptors (Lipinski definition) is 4. The summed E-state index contributed by atoms with van der Waals surface area (Å²) in [4.78, 5) is 11.3. The molecular formula is C12H17N3O2.